The number of nitrogens with one attached hydrogen (secondary N) is 1. The fourth-order valence-corrected chi connectivity index (χ4v) is 3.26. The van der Waals surface area contributed by atoms with Crippen molar-refractivity contribution >= 4 is 28.6 Å². The lowest BCUT2D eigenvalue weighted by Crippen LogP contribution is -2.40. The van der Waals surface area contributed by atoms with Crippen LogP contribution in [0.1, 0.15) is 17.5 Å². The van der Waals surface area contributed by atoms with E-state index in [0.717, 1.165) is 21.9 Å². The van der Waals surface area contributed by atoms with E-state index < -0.39 is 5.60 Å². The average molecular weight is 312 g/mol. The summed E-state index contributed by atoms with van der Waals surface area (Å²) in [7, 11) is 0. The van der Waals surface area contributed by atoms with Gasteiger partial charge in [0.1, 0.15) is 12.1 Å². The van der Waals surface area contributed by atoms with Crippen molar-refractivity contribution in [3.63, 3.8) is 0 Å². The van der Waals surface area contributed by atoms with E-state index >= 15 is 0 Å². The zero-order valence-corrected chi connectivity index (χ0v) is 12.9. The van der Waals surface area contributed by atoms with E-state index in [-0.39, 0.29) is 23.9 Å². The summed E-state index contributed by atoms with van der Waals surface area (Å²) in [5.41, 5.74) is -0.335. The van der Waals surface area contributed by atoms with Crippen molar-refractivity contribution in [3.8, 4) is 0 Å². The third kappa shape index (κ3) is 3.36. The van der Waals surface area contributed by atoms with Gasteiger partial charge in [0.05, 0.1) is 6.54 Å². The summed E-state index contributed by atoms with van der Waals surface area (Å²) in [4.78, 5) is 24.0. The van der Waals surface area contributed by atoms with Crippen molar-refractivity contribution < 1.29 is 9.90 Å². The summed E-state index contributed by atoms with van der Waals surface area (Å²) < 4.78 is 1.42. The average Bonchev–Trinajstić information content (AvgIpc) is 3.02. The van der Waals surface area contributed by atoms with Crippen LogP contribution in [0.2, 0.25) is 0 Å². The molecule has 2 aromatic rings. The molecule has 0 aliphatic rings. The fraction of sp³-hybridized carbons (Fsp3) is 0.385. The molecule has 0 spiro atoms. The van der Waals surface area contributed by atoms with Gasteiger partial charge in [-0.25, -0.2) is 0 Å². The van der Waals surface area contributed by atoms with Gasteiger partial charge >= 0.3 is 4.87 Å². The second-order valence-corrected chi connectivity index (χ2v) is 6.53. The Morgan fingerprint density at radius 2 is 2.25 bits per heavy atom. The molecule has 5 nitrogen and oxygen atoms in total. The van der Waals surface area contributed by atoms with E-state index in [1.165, 1.54) is 15.9 Å². The minimum absolute atomic E-state index is 0.0192. The minimum atomic E-state index is -1.10. The molecule has 0 radical (unpaired) electrons. The van der Waals surface area contributed by atoms with Gasteiger partial charge in [0, 0.05) is 16.0 Å². The van der Waals surface area contributed by atoms with Gasteiger partial charge in [0.15, 0.2) is 0 Å². The Bertz CT molecular complexity index is 641. The maximum absolute atomic E-state index is 11.9. The Labute approximate surface area is 124 Å². The SMILES string of the molecule is Cc1csc(=O)n1CC(=O)NCC(C)(O)c1cccs1. The first-order valence-corrected chi connectivity index (χ1v) is 7.84. The van der Waals surface area contributed by atoms with Gasteiger partial charge in [-0.3, -0.25) is 14.2 Å². The summed E-state index contributed by atoms with van der Waals surface area (Å²) in [5, 5.41) is 16.5. The van der Waals surface area contributed by atoms with Gasteiger partial charge in [-0.05, 0) is 25.3 Å². The van der Waals surface area contributed by atoms with Crippen molar-refractivity contribution in [1.82, 2.24) is 9.88 Å². The number of amides is 1. The van der Waals surface area contributed by atoms with Crippen molar-refractivity contribution in [3.05, 3.63) is 43.1 Å². The van der Waals surface area contributed by atoms with Gasteiger partial charge in [0.25, 0.3) is 0 Å². The fourth-order valence-electron chi connectivity index (χ4n) is 1.74. The number of carbonyl (C=O) groups is 1. The van der Waals surface area contributed by atoms with Crippen molar-refractivity contribution in [2.24, 2.45) is 0 Å². The number of aliphatic hydroxyl groups is 1. The molecular weight excluding hydrogens is 296 g/mol. The molecule has 2 aromatic heterocycles. The van der Waals surface area contributed by atoms with Crippen LogP contribution >= 0.6 is 22.7 Å². The first-order valence-electron chi connectivity index (χ1n) is 6.08. The Morgan fingerprint density at radius 3 is 2.80 bits per heavy atom. The molecular formula is C13H16N2O3S2. The van der Waals surface area contributed by atoms with Crippen LogP contribution < -0.4 is 10.2 Å². The van der Waals surface area contributed by atoms with Gasteiger partial charge in [-0.15, -0.1) is 11.3 Å². The van der Waals surface area contributed by atoms with Crippen molar-refractivity contribution in [1.29, 1.82) is 0 Å². The molecule has 2 heterocycles. The summed E-state index contributed by atoms with van der Waals surface area (Å²) in [6.07, 6.45) is 0. The molecule has 0 fully saturated rings. The zero-order valence-electron chi connectivity index (χ0n) is 11.3. The number of carbonyl (C=O) groups excluding carboxylic acids is 1. The molecule has 2 rings (SSSR count). The maximum atomic E-state index is 11.9. The third-order valence-corrected chi connectivity index (χ3v) is 4.96. The molecule has 0 saturated carbocycles. The number of aromatic nitrogens is 1. The normalized spacial score (nSPS) is 13.9. The molecule has 0 aliphatic heterocycles. The summed E-state index contributed by atoms with van der Waals surface area (Å²) >= 11 is 2.51. The highest BCUT2D eigenvalue weighted by Crippen LogP contribution is 2.24. The molecule has 1 atom stereocenters. The highest BCUT2D eigenvalue weighted by atomic mass is 32.1. The predicted molar refractivity (Wildman–Crippen MR) is 80.2 cm³/mol. The second-order valence-electron chi connectivity index (χ2n) is 4.76. The van der Waals surface area contributed by atoms with E-state index in [1.807, 2.05) is 17.5 Å². The molecule has 0 bridgehead atoms. The lowest BCUT2D eigenvalue weighted by Gasteiger charge is -2.22. The van der Waals surface area contributed by atoms with Gasteiger partial charge in [0.2, 0.25) is 5.91 Å². The van der Waals surface area contributed by atoms with Crippen LogP contribution in [-0.2, 0) is 16.9 Å². The van der Waals surface area contributed by atoms with Crippen LogP contribution in [0.5, 0.6) is 0 Å². The summed E-state index contributed by atoms with van der Waals surface area (Å²) in [5.74, 6) is -0.287. The zero-order chi connectivity index (χ0) is 14.8. The molecule has 0 aliphatic carbocycles. The molecule has 108 valence electrons. The predicted octanol–water partition coefficient (Wildman–Crippen LogP) is 1.30. The summed E-state index contributed by atoms with van der Waals surface area (Å²) in [6, 6.07) is 3.68. The Kier molecular flexibility index (Phi) is 4.42. The van der Waals surface area contributed by atoms with E-state index in [2.05, 4.69) is 5.32 Å². The number of thiazole rings is 1. The molecule has 0 saturated heterocycles. The van der Waals surface area contributed by atoms with Crippen LogP contribution in [0.15, 0.2) is 27.7 Å². The largest absolute Gasteiger partial charge is 0.383 e. The first kappa shape index (κ1) is 15.0. The number of rotatable bonds is 5. The van der Waals surface area contributed by atoms with Gasteiger partial charge in [-0.1, -0.05) is 17.4 Å². The topological polar surface area (TPSA) is 71.3 Å². The summed E-state index contributed by atoms with van der Waals surface area (Å²) in [6.45, 7) is 3.53. The van der Waals surface area contributed by atoms with E-state index in [0.29, 0.717) is 0 Å². The van der Waals surface area contributed by atoms with Gasteiger partial charge in [-0.2, -0.15) is 0 Å². The quantitative estimate of drug-likeness (QED) is 0.874. The lowest BCUT2D eigenvalue weighted by atomic mass is 10.1. The molecule has 20 heavy (non-hydrogen) atoms. The van der Waals surface area contributed by atoms with Crippen molar-refractivity contribution in [2.75, 3.05) is 6.54 Å². The number of hydrogen-bond acceptors (Lipinski definition) is 5. The van der Waals surface area contributed by atoms with Gasteiger partial charge < -0.3 is 10.4 Å². The molecule has 1 amide bonds. The highest BCUT2D eigenvalue weighted by Gasteiger charge is 2.24. The number of nitrogens with zero attached hydrogens (tertiary/aromatic N) is 1. The van der Waals surface area contributed by atoms with E-state index in [4.69, 9.17) is 0 Å². The third-order valence-electron chi connectivity index (χ3n) is 2.96. The van der Waals surface area contributed by atoms with E-state index in [1.54, 1.807) is 19.2 Å². The number of aryl methyl sites for hydroxylation is 1. The minimum Gasteiger partial charge on any atom is -0.383 e. The van der Waals surface area contributed by atoms with Crippen molar-refractivity contribution in [2.45, 2.75) is 26.0 Å². The Balaban J connectivity index is 1.95. The first-order chi connectivity index (χ1) is 9.40. The van der Waals surface area contributed by atoms with E-state index in [9.17, 15) is 14.7 Å². The highest BCUT2D eigenvalue weighted by molar-refractivity contribution is 7.10. The molecule has 1 unspecified atom stereocenters. The van der Waals surface area contributed by atoms with Crippen LogP contribution in [0.3, 0.4) is 0 Å². The molecule has 7 heteroatoms. The van der Waals surface area contributed by atoms with Crippen LogP contribution in [-0.4, -0.2) is 22.1 Å². The second kappa shape index (κ2) is 5.90. The van der Waals surface area contributed by atoms with Crippen LogP contribution in [0, 0.1) is 6.92 Å². The number of hydrogen-bond donors (Lipinski definition) is 2. The molecule has 0 aromatic carbocycles. The van der Waals surface area contributed by atoms with Crippen LogP contribution in [0.4, 0.5) is 0 Å². The molecule has 2 N–H and O–H groups in total. The standard InChI is InChI=1S/C13H16N2O3S2/c1-9-7-20-12(17)15(9)6-11(16)14-8-13(2,18)10-4-3-5-19-10/h3-5,7,18H,6,8H2,1-2H3,(H,14,16). The van der Waals surface area contributed by atoms with Crippen LogP contribution in [0.25, 0.3) is 0 Å². The Morgan fingerprint density at radius 1 is 1.50 bits per heavy atom. The Hall–Kier alpha value is -1.44. The smallest absolute Gasteiger partial charge is 0.307 e. The maximum Gasteiger partial charge on any atom is 0.307 e. The number of thiophene rings is 1. The monoisotopic (exact) mass is 312 g/mol. The lowest BCUT2D eigenvalue weighted by molar-refractivity contribution is -0.122.